The van der Waals surface area contributed by atoms with Gasteiger partial charge in [-0.15, -0.1) is 5.10 Å². The molecule has 0 aliphatic heterocycles. The molecule has 5 heteroatoms. The van der Waals surface area contributed by atoms with E-state index in [1.54, 1.807) is 19.1 Å². The van der Waals surface area contributed by atoms with Gasteiger partial charge in [0.1, 0.15) is 12.4 Å². The summed E-state index contributed by atoms with van der Waals surface area (Å²) in [4.78, 5) is 11.6. The summed E-state index contributed by atoms with van der Waals surface area (Å²) < 4.78 is 10.8. The molecule has 0 aliphatic rings. The molecule has 0 unspecified atom stereocenters. The highest BCUT2D eigenvalue weighted by molar-refractivity contribution is 5.87. The Morgan fingerprint density at radius 2 is 1.70 bits per heavy atom. The van der Waals surface area contributed by atoms with Gasteiger partial charge in [0, 0.05) is 5.56 Å². The first-order chi connectivity index (χ1) is 13.3. The molecular formula is C22H20N2O3. The molecule has 0 radical (unpaired) electrons. The predicted molar refractivity (Wildman–Crippen MR) is 104 cm³/mol. The average Bonchev–Trinajstić information content (AvgIpc) is 2.72. The molecule has 0 N–H and O–H groups in total. The average molecular weight is 360 g/mol. The Morgan fingerprint density at radius 3 is 2.44 bits per heavy atom. The normalized spacial score (nSPS) is 10.7. The maximum atomic E-state index is 11.6. The van der Waals surface area contributed by atoms with Gasteiger partial charge in [-0.05, 0) is 42.8 Å². The number of rotatable bonds is 7. The Labute approximate surface area is 158 Å². The molecule has 27 heavy (non-hydrogen) atoms. The van der Waals surface area contributed by atoms with Crippen LogP contribution in [0.2, 0.25) is 0 Å². The second-order valence-electron chi connectivity index (χ2n) is 5.71. The van der Waals surface area contributed by atoms with E-state index < -0.39 is 5.97 Å². The van der Waals surface area contributed by atoms with Crippen LogP contribution in [-0.4, -0.2) is 22.8 Å². The lowest BCUT2D eigenvalue weighted by Gasteiger charge is -2.09. The minimum absolute atomic E-state index is 0.195. The summed E-state index contributed by atoms with van der Waals surface area (Å²) in [6.07, 6.45) is 3.74. The summed E-state index contributed by atoms with van der Waals surface area (Å²) in [6, 6.07) is 21.1. The molecule has 3 rings (SSSR count). The molecule has 0 saturated heterocycles. The van der Waals surface area contributed by atoms with Gasteiger partial charge in [0.25, 0.3) is 0 Å². The number of benzene rings is 2. The van der Waals surface area contributed by atoms with Crippen LogP contribution in [-0.2, 0) is 11.3 Å². The minimum Gasteiger partial charge on any atom is -0.488 e. The fraction of sp³-hybridized carbons (Fsp3) is 0.136. The van der Waals surface area contributed by atoms with Gasteiger partial charge >= 0.3 is 5.97 Å². The zero-order chi connectivity index (χ0) is 18.9. The molecule has 0 fully saturated rings. The number of para-hydroxylation sites is 1. The zero-order valence-electron chi connectivity index (χ0n) is 15.0. The number of nitrogens with zero attached hydrogens (tertiary/aromatic N) is 2. The fourth-order valence-corrected chi connectivity index (χ4v) is 2.41. The van der Waals surface area contributed by atoms with Crippen molar-refractivity contribution in [2.45, 2.75) is 13.5 Å². The van der Waals surface area contributed by atoms with Gasteiger partial charge in [-0.3, -0.25) is 0 Å². The lowest BCUT2D eigenvalue weighted by molar-refractivity contribution is 0.0518. The monoisotopic (exact) mass is 360 g/mol. The SMILES string of the molecule is CCOC(=O)c1ccc(C=Cc2ccccc2OCc2ccccc2)nn1. The van der Waals surface area contributed by atoms with Crippen LogP contribution in [0.1, 0.15) is 34.2 Å². The first-order valence-electron chi connectivity index (χ1n) is 8.71. The summed E-state index contributed by atoms with van der Waals surface area (Å²) in [5.74, 6) is 0.314. The van der Waals surface area contributed by atoms with Crippen LogP contribution in [0.15, 0.2) is 66.7 Å². The van der Waals surface area contributed by atoms with Crippen LogP contribution in [0.3, 0.4) is 0 Å². The number of hydrogen-bond acceptors (Lipinski definition) is 5. The Morgan fingerprint density at radius 1 is 0.926 bits per heavy atom. The topological polar surface area (TPSA) is 61.3 Å². The Hall–Kier alpha value is -3.47. The standard InChI is InChI=1S/C22H20N2O3/c1-2-26-22(25)20-15-14-19(23-24-20)13-12-18-10-6-7-11-21(18)27-16-17-8-4-3-5-9-17/h3-15H,2,16H2,1H3. The highest BCUT2D eigenvalue weighted by atomic mass is 16.5. The van der Waals surface area contributed by atoms with Gasteiger partial charge in [0.05, 0.1) is 12.3 Å². The Kier molecular flexibility index (Phi) is 6.30. The van der Waals surface area contributed by atoms with Gasteiger partial charge in [-0.25, -0.2) is 4.79 Å². The third-order valence-corrected chi connectivity index (χ3v) is 3.76. The van der Waals surface area contributed by atoms with Crippen LogP contribution in [0.5, 0.6) is 5.75 Å². The van der Waals surface area contributed by atoms with Gasteiger partial charge in [-0.1, -0.05) is 48.5 Å². The van der Waals surface area contributed by atoms with E-state index in [0.29, 0.717) is 18.9 Å². The molecule has 3 aromatic rings. The lowest BCUT2D eigenvalue weighted by atomic mass is 10.1. The van der Waals surface area contributed by atoms with Gasteiger partial charge in [0.15, 0.2) is 5.69 Å². The van der Waals surface area contributed by atoms with E-state index in [0.717, 1.165) is 16.9 Å². The first-order valence-corrected chi connectivity index (χ1v) is 8.71. The second-order valence-corrected chi connectivity index (χ2v) is 5.71. The summed E-state index contributed by atoms with van der Waals surface area (Å²) in [5, 5.41) is 7.94. The van der Waals surface area contributed by atoms with Crippen molar-refractivity contribution in [3.63, 3.8) is 0 Å². The van der Waals surface area contributed by atoms with Gasteiger partial charge < -0.3 is 9.47 Å². The summed E-state index contributed by atoms with van der Waals surface area (Å²) in [5.41, 5.74) is 2.88. The van der Waals surface area contributed by atoms with Crippen LogP contribution in [0.25, 0.3) is 12.2 Å². The highest BCUT2D eigenvalue weighted by Crippen LogP contribution is 2.21. The van der Waals surface area contributed by atoms with Crippen molar-refractivity contribution in [1.29, 1.82) is 0 Å². The molecule has 0 spiro atoms. The van der Waals surface area contributed by atoms with Crippen molar-refractivity contribution >= 4 is 18.1 Å². The van der Waals surface area contributed by atoms with Crippen molar-refractivity contribution in [3.05, 3.63) is 89.2 Å². The molecule has 2 aromatic carbocycles. The molecule has 1 heterocycles. The molecule has 1 aromatic heterocycles. The van der Waals surface area contributed by atoms with Crippen LogP contribution >= 0.6 is 0 Å². The van der Waals surface area contributed by atoms with Crippen molar-refractivity contribution < 1.29 is 14.3 Å². The van der Waals surface area contributed by atoms with Crippen molar-refractivity contribution in [2.75, 3.05) is 6.61 Å². The summed E-state index contributed by atoms with van der Waals surface area (Å²) in [6.45, 7) is 2.56. The quantitative estimate of drug-likeness (QED) is 0.584. The van der Waals surface area contributed by atoms with Crippen molar-refractivity contribution in [1.82, 2.24) is 10.2 Å². The fourth-order valence-electron chi connectivity index (χ4n) is 2.41. The molecule has 0 amide bonds. The molecule has 136 valence electrons. The third-order valence-electron chi connectivity index (χ3n) is 3.76. The highest BCUT2D eigenvalue weighted by Gasteiger charge is 2.08. The van der Waals surface area contributed by atoms with Gasteiger partial charge in [-0.2, -0.15) is 5.10 Å². The summed E-state index contributed by atoms with van der Waals surface area (Å²) >= 11 is 0. The van der Waals surface area contributed by atoms with Crippen LogP contribution < -0.4 is 4.74 Å². The summed E-state index contributed by atoms with van der Waals surface area (Å²) in [7, 11) is 0. The van der Waals surface area contributed by atoms with E-state index in [2.05, 4.69) is 10.2 Å². The number of carbonyl (C=O) groups excluding carboxylic acids is 1. The Bertz CT molecular complexity index is 906. The third kappa shape index (κ3) is 5.25. The molecule has 5 nitrogen and oxygen atoms in total. The van der Waals surface area contributed by atoms with Crippen LogP contribution in [0.4, 0.5) is 0 Å². The number of carbonyl (C=O) groups is 1. The molecule has 0 aliphatic carbocycles. The van der Waals surface area contributed by atoms with E-state index >= 15 is 0 Å². The number of aromatic nitrogens is 2. The van der Waals surface area contributed by atoms with E-state index in [1.165, 1.54) is 0 Å². The number of ether oxygens (including phenoxy) is 2. The molecule has 0 atom stereocenters. The largest absolute Gasteiger partial charge is 0.488 e. The molecule has 0 bridgehead atoms. The predicted octanol–water partition coefficient (Wildman–Crippen LogP) is 4.40. The smallest absolute Gasteiger partial charge is 0.358 e. The lowest BCUT2D eigenvalue weighted by Crippen LogP contribution is -2.08. The van der Waals surface area contributed by atoms with E-state index in [1.807, 2.05) is 66.7 Å². The maximum Gasteiger partial charge on any atom is 0.358 e. The molecular weight excluding hydrogens is 340 g/mol. The van der Waals surface area contributed by atoms with Gasteiger partial charge in [0.2, 0.25) is 0 Å². The van der Waals surface area contributed by atoms with E-state index in [-0.39, 0.29) is 5.69 Å². The Balaban J connectivity index is 1.69. The molecule has 0 saturated carbocycles. The van der Waals surface area contributed by atoms with Crippen molar-refractivity contribution in [3.8, 4) is 5.75 Å². The van der Waals surface area contributed by atoms with Crippen LogP contribution in [0, 0.1) is 0 Å². The second kappa shape index (κ2) is 9.29. The van der Waals surface area contributed by atoms with Crippen molar-refractivity contribution in [2.24, 2.45) is 0 Å². The minimum atomic E-state index is -0.472. The number of hydrogen-bond donors (Lipinski definition) is 0. The maximum absolute atomic E-state index is 11.6. The van der Waals surface area contributed by atoms with E-state index in [9.17, 15) is 4.79 Å². The first kappa shape index (κ1) is 18.3. The zero-order valence-corrected chi connectivity index (χ0v) is 15.0. The number of esters is 1. The van der Waals surface area contributed by atoms with E-state index in [4.69, 9.17) is 9.47 Å².